The summed E-state index contributed by atoms with van der Waals surface area (Å²) < 4.78 is 7.51. The van der Waals surface area contributed by atoms with Gasteiger partial charge in [0.2, 0.25) is 11.9 Å². The highest BCUT2D eigenvalue weighted by Crippen LogP contribution is 2.44. The number of carbonyl (C=O) groups excluding carboxylic acids is 3. The fourth-order valence-electron chi connectivity index (χ4n) is 4.72. The molecule has 0 radical (unpaired) electrons. The van der Waals surface area contributed by atoms with Gasteiger partial charge in [0.25, 0.3) is 11.8 Å². The van der Waals surface area contributed by atoms with Gasteiger partial charge in [-0.2, -0.15) is 0 Å². The molecule has 1 aromatic carbocycles. The summed E-state index contributed by atoms with van der Waals surface area (Å²) in [6, 6.07) is 4.78. The first-order valence-electron chi connectivity index (χ1n) is 11.7. The molecule has 2 N–H and O–H groups in total. The van der Waals surface area contributed by atoms with Gasteiger partial charge in [0.15, 0.2) is 12.4 Å². The molecule has 1 fully saturated rings. The van der Waals surface area contributed by atoms with Gasteiger partial charge in [0, 0.05) is 30.5 Å². The number of imidazole rings is 1. The van der Waals surface area contributed by atoms with Gasteiger partial charge in [-0.05, 0) is 50.5 Å². The second-order valence-electron chi connectivity index (χ2n) is 8.86. The van der Waals surface area contributed by atoms with Gasteiger partial charge in [-0.1, -0.05) is 18.2 Å². The number of likely N-dealkylation sites (tertiary alicyclic amines) is 1. The predicted octanol–water partition coefficient (Wildman–Crippen LogP) is 3.72. The van der Waals surface area contributed by atoms with Crippen molar-refractivity contribution in [3.05, 3.63) is 53.3 Å². The van der Waals surface area contributed by atoms with Crippen molar-refractivity contribution >= 4 is 52.0 Å². The van der Waals surface area contributed by atoms with Gasteiger partial charge in [-0.3, -0.25) is 24.7 Å². The van der Waals surface area contributed by atoms with E-state index in [-0.39, 0.29) is 41.3 Å². The van der Waals surface area contributed by atoms with Crippen LogP contribution in [-0.4, -0.2) is 56.9 Å². The van der Waals surface area contributed by atoms with Gasteiger partial charge in [0.1, 0.15) is 5.02 Å². The zero-order valence-electron chi connectivity index (χ0n) is 19.7. The van der Waals surface area contributed by atoms with E-state index in [0.29, 0.717) is 46.8 Å². The Morgan fingerprint density at radius 2 is 2.17 bits per heavy atom. The van der Waals surface area contributed by atoms with Crippen LogP contribution >= 0.6 is 11.6 Å². The Kier molecular flexibility index (Phi) is 6.36. The molecule has 0 aliphatic carbocycles. The van der Waals surface area contributed by atoms with E-state index in [1.165, 1.54) is 6.08 Å². The highest BCUT2D eigenvalue weighted by atomic mass is 35.5. The molecule has 0 saturated carbocycles. The first-order chi connectivity index (χ1) is 17.4. The molecule has 0 spiro atoms. The number of pyridine rings is 1. The lowest BCUT2D eigenvalue weighted by molar-refractivity contribution is -0.126. The van der Waals surface area contributed by atoms with E-state index in [2.05, 4.69) is 22.2 Å². The van der Waals surface area contributed by atoms with Crippen molar-refractivity contribution in [3.63, 3.8) is 0 Å². The Bertz CT molecular complexity index is 1400. The zero-order chi connectivity index (χ0) is 25.4. The minimum atomic E-state index is -0.352. The van der Waals surface area contributed by atoms with Crippen LogP contribution in [0.1, 0.15) is 41.4 Å². The Labute approximate surface area is 212 Å². The summed E-state index contributed by atoms with van der Waals surface area (Å²) in [7, 11) is 0. The van der Waals surface area contributed by atoms with Gasteiger partial charge in [0.05, 0.1) is 22.8 Å². The average Bonchev–Trinajstić information content (AvgIpc) is 3.04. The van der Waals surface area contributed by atoms with Crippen molar-refractivity contribution in [3.8, 4) is 5.75 Å². The molecule has 2 aliphatic heterocycles. The maximum Gasteiger partial charge on any atom is 0.262 e. The number of nitrogens with zero attached hydrogens (tertiary/aromatic N) is 4. The largest absolute Gasteiger partial charge is 0.480 e. The molecule has 2 aromatic heterocycles. The third kappa shape index (κ3) is 4.39. The molecule has 2 aliphatic rings. The van der Waals surface area contributed by atoms with E-state index in [9.17, 15) is 14.4 Å². The molecule has 1 saturated heterocycles. The number of aromatic nitrogens is 3. The number of benzene rings is 1. The van der Waals surface area contributed by atoms with Crippen LogP contribution < -0.4 is 15.4 Å². The SMILES string of the molecule is C=CC(=O)N1CCCC[C@@H](n2c(NC(=O)c3ccnc(C)c3)nc3cc4c(c(Cl)c32)OCC(=O)N4)C1. The van der Waals surface area contributed by atoms with Crippen molar-refractivity contribution < 1.29 is 19.1 Å². The summed E-state index contributed by atoms with van der Waals surface area (Å²) in [5.41, 5.74) is 2.61. The highest BCUT2D eigenvalue weighted by molar-refractivity contribution is 6.37. The first-order valence-corrected chi connectivity index (χ1v) is 12.1. The van der Waals surface area contributed by atoms with Crippen molar-refractivity contribution in [2.24, 2.45) is 0 Å². The molecule has 0 bridgehead atoms. The number of halogens is 1. The smallest absolute Gasteiger partial charge is 0.262 e. The number of rotatable bonds is 4. The normalized spacial score (nSPS) is 17.6. The molecule has 11 heteroatoms. The monoisotopic (exact) mass is 508 g/mol. The van der Waals surface area contributed by atoms with Crippen LogP contribution in [0.15, 0.2) is 37.1 Å². The standard InChI is InChI=1S/C25H25ClN6O4/c1-3-20(34)31-9-5-4-6-16(12-31)32-22-17(11-18-23(21(22)26)36-13-19(33)28-18)29-25(32)30-24(35)15-7-8-27-14(2)10-15/h3,7-8,10-11,16H,1,4-6,9,12-13H2,2H3,(H,28,33)(H,29,30,35)/t16-/m1/s1. The summed E-state index contributed by atoms with van der Waals surface area (Å²) in [6.45, 7) is 6.30. The van der Waals surface area contributed by atoms with Crippen molar-refractivity contribution in [1.29, 1.82) is 0 Å². The van der Waals surface area contributed by atoms with E-state index in [1.807, 2.05) is 4.57 Å². The second kappa shape index (κ2) is 9.62. The topological polar surface area (TPSA) is 118 Å². The third-order valence-corrected chi connectivity index (χ3v) is 6.73. The lowest BCUT2D eigenvalue weighted by Gasteiger charge is -2.27. The summed E-state index contributed by atoms with van der Waals surface area (Å²) in [5.74, 6) is -0.159. The predicted molar refractivity (Wildman–Crippen MR) is 135 cm³/mol. The van der Waals surface area contributed by atoms with Crippen molar-refractivity contribution in [2.45, 2.75) is 32.2 Å². The number of nitrogens with one attached hydrogen (secondary N) is 2. The molecule has 3 amide bonds. The molecule has 36 heavy (non-hydrogen) atoms. The minimum absolute atomic E-state index is 0.150. The molecular formula is C25H25ClN6O4. The van der Waals surface area contributed by atoms with Crippen LogP contribution in [0.5, 0.6) is 5.75 Å². The number of aryl methyl sites for hydroxylation is 1. The van der Waals surface area contributed by atoms with E-state index >= 15 is 0 Å². The lowest BCUT2D eigenvalue weighted by Crippen LogP contribution is -2.34. The van der Waals surface area contributed by atoms with Crippen LogP contribution in [0.25, 0.3) is 11.0 Å². The fourth-order valence-corrected chi connectivity index (χ4v) is 5.06. The molecule has 186 valence electrons. The molecule has 0 unspecified atom stereocenters. The lowest BCUT2D eigenvalue weighted by atomic mass is 10.1. The van der Waals surface area contributed by atoms with Gasteiger partial charge < -0.3 is 19.5 Å². The molecule has 4 heterocycles. The Morgan fingerprint density at radius 3 is 2.94 bits per heavy atom. The summed E-state index contributed by atoms with van der Waals surface area (Å²) in [4.78, 5) is 48.1. The van der Waals surface area contributed by atoms with Gasteiger partial charge >= 0.3 is 0 Å². The highest BCUT2D eigenvalue weighted by Gasteiger charge is 2.30. The number of carbonyl (C=O) groups is 3. The van der Waals surface area contributed by atoms with E-state index in [0.717, 1.165) is 19.3 Å². The summed E-state index contributed by atoms with van der Waals surface area (Å²) in [5, 5.41) is 5.96. The number of anilines is 2. The quantitative estimate of drug-likeness (QED) is 0.518. The van der Waals surface area contributed by atoms with Crippen LogP contribution in [0.2, 0.25) is 5.02 Å². The van der Waals surface area contributed by atoms with Crippen LogP contribution in [0, 0.1) is 6.92 Å². The first kappa shape index (κ1) is 23.8. The molecule has 3 aromatic rings. The molecule has 5 rings (SSSR count). The van der Waals surface area contributed by atoms with E-state index in [1.54, 1.807) is 36.2 Å². The summed E-state index contributed by atoms with van der Waals surface area (Å²) >= 11 is 6.83. The Balaban J connectivity index is 1.64. The number of hydrogen-bond acceptors (Lipinski definition) is 6. The van der Waals surface area contributed by atoms with Crippen molar-refractivity contribution in [1.82, 2.24) is 19.4 Å². The summed E-state index contributed by atoms with van der Waals surface area (Å²) in [6.07, 6.45) is 5.34. The maximum atomic E-state index is 13.2. The fraction of sp³-hybridized carbons (Fsp3) is 0.320. The minimum Gasteiger partial charge on any atom is -0.480 e. The third-order valence-electron chi connectivity index (χ3n) is 6.37. The second-order valence-corrected chi connectivity index (χ2v) is 9.23. The Morgan fingerprint density at radius 1 is 1.33 bits per heavy atom. The number of amides is 3. The van der Waals surface area contributed by atoms with Gasteiger partial charge in [-0.15, -0.1) is 0 Å². The number of fused-ring (bicyclic) bond motifs is 2. The molecular weight excluding hydrogens is 484 g/mol. The number of hydrogen-bond donors (Lipinski definition) is 2. The van der Waals surface area contributed by atoms with Crippen LogP contribution in [0.3, 0.4) is 0 Å². The zero-order valence-corrected chi connectivity index (χ0v) is 20.5. The molecule has 1 atom stereocenters. The van der Waals surface area contributed by atoms with E-state index < -0.39 is 0 Å². The Hall–Kier alpha value is -3.92. The van der Waals surface area contributed by atoms with E-state index in [4.69, 9.17) is 21.3 Å². The van der Waals surface area contributed by atoms with Crippen molar-refractivity contribution in [2.75, 3.05) is 30.3 Å². The van der Waals surface area contributed by atoms with Gasteiger partial charge in [-0.25, -0.2) is 4.98 Å². The number of ether oxygens (including phenoxy) is 1. The maximum absolute atomic E-state index is 13.2. The van der Waals surface area contributed by atoms with Crippen LogP contribution in [-0.2, 0) is 9.59 Å². The van der Waals surface area contributed by atoms with Crippen LogP contribution in [0.4, 0.5) is 11.6 Å². The molecule has 10 nitrogen and oxygen atoms in total. The average molecular weight is 509 g/mol.